The molecule has 208 valence electrons. The van der Waals surface area contributed by atoms with Gasteiger partial charge in [-0.15, -0.1) is 0 Å². The Morgan fingerprint density at radius 1 is 1.02 bits per heavy atom. The van der Waals surface area contributed by atoms with Crippen molar-refractivity contribution in [2.24, 2.45) is 0 Å². The Balaban J connectivity index is 1.46. The van der Waals surface area contributed by atoms with Crippen LogP contribution >= 0.6 is 12.2 Å². The van der Waals surface area contributed by atoms with Crippen LogP contribution in [0.4, 0.5) is 10.1 Å². The van der Waals surface area contributed by atoms with E-state index < -0.39 is 9.84 Å². The summed E-state index contributed by atoms with van der Waals surface area (Å²) in [6.07, 6.45) is 3.50. The Morgan fingerprint density at radius 3 is 2.35 bits per heavy atom. The molecule has 1 aliphatic rings. The number of imidazole rings is 1. The molecule has 0 aliphatic carbocycles. The molecule has 0 spiro atoms. The highest BCUT2D eigenvalue weighted by Crippen LogP contribution is 2.22. The fourth-order valence-corrected chi connectivity index (χ4v) is 6.49. The second kappa shape index (κ2) is 12.7. The van der Waals surface area contributed by atoms with Crippen LogP contribution in [0.1, 0.15) is 29.7 Å². The Kier molecular flexibility index (Phi) is 8.88. The van der Waals surface area contributed by atoms with Gasteiger partial charge in [0, 0.05) is 18.8 Å². The molecule has 3 aromatic carbocycles. The molecule has 10 heteroatoms. The second-order valence-electron chi connectivity index (χ2n) is 9.80. The number of hydrogen-bond donors (Lipinski definition) is 1. The number of anilines is 1. The Hall–Kier alpha value is -3.60. The Bertz CT molecular complexity index is 1520. The van der Waals surface area contributed by atoms with Crippen molar-refractivity contribution in [3.8, 4) is 0 Å². The molecule has 7 nitrogen and oxygen atoms in total. The van der Waals surface area contributed by atoms with Gasteiger partial charge in [0.25, 0.3) is 0 Å². The van der Waals surface area contributed by atoms with E-state index in [-0.39, 0.29) is 22.8 Å². The minimum absolute atomic E-state index is 0.000235. The van der Waals surface area contributed by atoms with E-state index in [0.29, 0.717) is 48.3 Å². The van der Waals surface area contributed by atoms with E-state index in [2.05, 4.69) is 10.3 Å². The van der Waals surface area contributed by atoms with Crippen molar-refractivity contribution in [2.45, 2.75) is 42.9 Å². The highest BCUT2D eigenvalue weighted by Gasteiger charge is 2.27. The van der Waals surface area contributed by atoms with Gasteiger partial charge in [-0.1, -0.05) is 60.7 Å². The minimum atomic E-state index is -3.75. The topological polar surface area (TPSA) is 76.5 Å². The van der Waals surface area contributed by atoms with Crippen LogP contribution < -0.4 is 5.32 Å². The molecule has 0 unspecified atom stereocenters. The molecule has 1 atom stereocenters. The molecule has 1 aliphatic heterocycles. The van der Waals surface area contributed by atoms with Gasteiger partial charge < -0.3 is 19.5 Å². The summed E-state index contributed by atoms with van der Waals surface area (Å²) in [5.41, 5.74) is 3.02. The summed E-state index contributed by atoms with van der Waals surface area (Å²) in [6, 6.07) is 24.8. The minimum Gasteiger partial charge on any atom is -0.376 e. The molecule has 40 heavy (non-hydrogen) atoms. The van der Waals surface area contributed by atoms with Crippen LogP contribution in [0.3, 0.4) is 0 Å². The van der Waals surface area contributed by atoms with Crippen molar-refractivity contribution in [3.05, 3.63) is 114 Å². The van der Waals surface area contributed by atoms with Crippen molar-refractivity contribution in [2.75, 3.05) is 18.5 Å². The number of benzene rings is 3. The normalized spacial score (nSPS) is 15.2. The zero-order chi connectivity index (χ0) is 28.0. The molecule has 0 amide bonds. The summed E-state index contributed by atoms with van der Waals surface area (Å²) >= 11 is 5.78. The third-order valence-corrected chi connectivity index (χ3v) is 8.70. The molecule has 1 saturated heterocycles. The van der Waals surface area contributed by atoms with Gasteiger partial charge in [0.2, 0.25) is 15.0 Å². The Labute approximate surface area is 239 Å². The van der Waals surface area contributed by atoms with Crippen molar-refractivity contribution in [1.82, 2.24) is 14.5 Å². The maximum atomic E-state index is 13.6. The van der Waals surface area contributed by atoms with Gasteiger partial charge in [-0.2, -0.15) is 0 Å². The molecule has 0 saturated carbocycles. The average molecular weight is 579 g/mol. The number of ether oxygens (including phenoxy) is 1. The number of nitrogens with one attached hydrogen (secondary N) is 1. The summed E-state index contributed by atoms with van der Waals surface area (Å²) in [5.74, 6) is -0.481. The maximum Gasteiger partial charge on any atom is 0.228 e. The molecular formula is C30H31FN4O3S2. The quantitative estimate of drug-likeness (QED) is 0.252. The number of hydrogen-bond acceptors (Lipinski definition) is 5. The summed E-state index contributed by atoms with van der Waals surface area (Å²) < 4.78 is 48.3. The van der Waals surface area contributed by atoms with Gasteiger partial charge in [-0.3, -0.25) is 0 Å². The lowest BCUT2D eigenvalue weighted by atomic mass is 10.2. The fourth-order valence-electron chi connectivity index (χ4n) is 4.74. The molecule has 0 radical (unpaired) electrons. The molecule has 1 aromatic heterocycles. The van der Waals surface area contributed by atoms with Gasteiger partial charge in [-0.25, -0.2) is 17.8 Å². The highest BCUT2D eigenvalue weighted by atomic mass is 32.2. The first-order valence-electron chi connectivity index (χ1n) is 13.2. The van der Waals surface area contributed by atoms with Crippen molar-refractivity contribution >= 4 is 32.9 Å². The van der Waals surface area contributed by atoms with Crippen molar-refractivity contribution in [3.63, 3.8) is 0 Å². The highest BCUT2D eigenvalue weighted by molar-refractivity contribution is 7.90. The molecule has 1 fully saturated rings. The average Bonchev–Trinajstić information content (AvgIpc) is 3.61. The van der Waals surface area contributed by atoms with Crippen LogP contribution in [0.15, 0.2) is 96.3 Å². The van der Waals surface area contributed by atoms with E-state index in [0.717, 1.165) is 18.4 Å². The first-order valence-corrected chi connectivity index (χ1v) is 15.2. The monoisotopic (exact) mass is 578 g/mol. The molecule has 1 N–H and O–H groups in total. The molecule has 5 rings (SSSR count). The van der Waals surface area contributed by atoms with E-state index in [4.69, 9.17) is 17.0 Å². The predicted octanol–water partition coefficient (Wildman–Crippen LogP) is 5.42. The summed E-state index contributed by atoms with van der Waals surface area (Å²) in [7, 11) is -3.75. The second-order valence-corrected chi connectivity index (χ2v) is 12.1. The lowest BCUT2D eigenvalue weighted by molar-refractivity contribution is 0.0900. The van der Waals surface area contributed by atoms with Gasteiger partial charge in [-0.05, 0) is 60.5 Å². The summed E-state index contributed by atoms with van der Waals surface area (Å²) in [6.45, 7) is 1.87. The third kappa shape index (κ3) is 7.12. The van der Waals surface area contributed by atoms with Crippen LogP contribution in [0.25, 0.3) is 0 Å². The first kappa shape index (κ1) is 27.9. The van der Waals surface area contributed by atoms with Crippen molar-refractivity contribution in [1.29, 1.82) is 0 Å². The van der Waals surface area contributed by atoms with E-state index in [1.807, 2.05) is 53.4 Å². The molecule has 0 bridgehead atoms. The number of thiocarbonyl (C=S) groups is 1. The van der Waals surface area contributed by atoms with Gasteiger partial charge in [0.05, 0.1) is 36.8 Å². The third-order valence-electron chi connectivity index (χ3n) is 6.75. The lowest BCUT2D eigenvalue weighted by Gasteiger charge is -2.28. The molecule has 4 aromatic rings. The Morgan fingerprint density at radius 2 is 1.70 bits per heavy atom. The summed E-state index contributed by atoms with van der Waals surface area (Å²) in [4.78, 5) is 6.39. The van der Waals surface area contributed by atoms with Crippen LogP contribution in [-0.2, 0) is 33.4 Å². The number of halogens is 1. The fraction of sp³-hybridized carbons (Fsp3) is 0.267. The predicted molar refractivity (Wildman–Crippen MR) is 157 cm³/mol. The number of rotatable bonds is 10. The SMILES string of the molecule is O=S(=O)(Cc1ccccc1)c1ncc(CN(C[C@@H]2CCCO2)C(=S)Nc2ccc(F)cc2)n1Cc1ccccc1. The van der Waals surface area contributed by atoms with Gasteiger partial charge >= 0.3 is 0 Å². The van der Waals surface area contributed by atoms with Gasteiger partial charge in [0.1, 0.15) is 5.82 Å². The van der Waals surface area contributed by atoms with Crippen LogP contribution in [-0.4, -0.2) is 47.2 Å². The van der Waals surface area contributed by atoms with Crippen molar-refractivity contribution < 1.29 is 17.5 Å². The van der Waals surface area contributed by atoms with Gasteiger partial charge in [0.15, 0.2) is 5.11 Å². The smallest absolute Gasteiger partial charge is 0.228 e. The van der Waals surface area contributed by atoms with E-state index in [1.165, 1.54) is 12.1 Å². The maximum absolute atomic E-state index is 13.6. The van der Waals surface area contributed by atoms with E-state index in [1.54, 1.807) is 35.0 Å². The standard InChI is InChI=1S/C30H31FN4O3S2/c31-25-13-15-26(16-14-25)33-29(39)34(21-28-12-7-17-38-28)20-27-18-32-30(35(27)19-23-8-3-1-4-9-23)40(36,37)22-24-10-5-2-6-11-24/h1-6,8-11,13-16,18,28H,7,12,17,19-22H2,(H,33,39)/t28-/m0/s1. The van der Waals surface area contributed by atoms with Crippen LogP contribution in [0.5, 0.6) is 0 Å². The molecule has 2 heterocycles. The number of aromatic nitrogens is 2. The number of sulfone groups is 1. The van der Waals surface area contributed by atoms with Crippen LogP contribution in [0.2, 0.25) is 0 Å². The first-order chi connectivity index (χ1) is 19.4. The zero-order valence-corrected chi connectivity index (χ0v) is 23.6. The lowest BCUT2D eigenvalue weighted by Crippen LogP contribution is -2.40. The summed E-state index contributed by atoms with van der Waals surface area (Å²) in [5, 5.41) is 3.64. The largest absolute Gasteiger partial charge is 0.376 e. The zero-order valence-electron chi connectivity index (χ0n) is 21.9. The van der Waals surface area contributed by atoms with Crippen LogP contribution in [0, 0.1) is 5.82 Å². The van der Waals surface area contributed by atoms with E-state index in [9.17, 15) is 12.8 Å². The van der Waals surface area contributed by atoms with E-state index >= 15 is 0 Å². The molecular weight excluding hydrogens is 547 g/mol. The number of nitrogens with zero attached hydrogens (tertiary/aromatic N) is 3.